The van der Waals surface area contributed by atoms with Gasteiger partial charge in [-0.2, -0.15) is 0 Å². The van der Waals surface area contributed by atoms with E-state index in [4.69, 9.17) is 0 Å². The summed E-state index contributed by atoms with van der Waals surface area (Å²) in [5.74, 6) is -0.0598. The molecule has 4 rings (SSSR count). The Kier molecular flexibility index (Phi) is 3.75. The number of anilines is 1. The van der Waals surface area contributed by atoms with Crippen molar-refractivity contribution >= 4 is 34.6 Å². The highest BCUT2D eigenvalue weighted by Crippen LogP contribution is 2.34. The lowest BCUT2D eigenvalue weighted by molar-refractivity contribution is -0.110. The number of aromatic nitrogens is 1. The predicted octanol–water partition coefficient (Wildman–Crippen LogP) is 4.54. The van der Waals surface area contributed by atoms with Crippen molar-refractivity contribution < 1.29 is 4.79 Å². The quantitative estimate of drug-likeness (QED) is 0.716. The van der Waals surface area contributed by atoms with Gasteiger partial charge in [-0.3, -0.25) is 9.78 Å². The first-order valence-corrected chi connectivity index (χ1v) is 8.63. The van der Waals surface area contributed by atoms with Crippen LogP contribution in [0.15, 0.2) is 54.9 Å². The average molecular weight is 332 g/mol. The van der Waals surface area contributed by atoms with Gasteiger partial charge in [0.15, 0.2) is 0 Å². The Labute approximate surface area is 144 Å². The molecule has 4 heteroatoms. The minimum Gasteiger partial charge on any atom is -0.320 e. The van der Waals surface area contributed by atoms with Gasteiger partial charge in [0, 0.05) is 27.9 Å². The third kappa shape index (κ3) is 2.76. The summed E-state index contributed by atoms with van der Waals surface area (Å²) in [6.45, 7) is 2.09. The fraction of sp³-hybridized carbons (Fsp3) is 0.100. The molecule has 0 aliphatic carbocycles. The van der Waals surface area contributed by atoms with Crippen LogP contribution in [0.4, 0.5) is 5.69 Å². The fourth-order valence-electron chi connectivity index (χ4n) is 2.91. The SMILES string of the molecule is Cc1cc(Cc2ccccc2)sc1C=C1C(=O)Nc2cnccc21. The van der Waals surface area contributed by atoms with Crippen molar-refractivity contribution in [2.45, 2.75) is 13.3 Å². The third-order valence-electron chi connectivity index (χ3n) is 4.11. The molecule has 0 radical (unpaired) electrons. The van der Waals surface area contributed by atoms with Crippen molar-refractivity contribution in [3.8, 4) is 0 Å². The summed E-state index contributed by atoms with van der Waals surface area (Å²) in [5, 5.41) is 2.87. The number of amides is 1. The van der Waals surface area contributed by atoms with Gasteiger partial charge in [-0.15, -0.1) is 11.3 Å². The number of carbonyl (C=O) groups excluding carboxylic acids is 1. The van der Waals surface area contributed by atoms with E-state index in [1.54, 1.807) is 23.7 Å². The van der Waals surface area contributed by atoms with Gasteiger partial charge in [0.25, 0.3) is 5.91 Å². The van der Waals surface area contributed by atoms with Crippen LogP contribution in [0, 0.1) is 6.92 Å². The van der Waals surface area contributed by atoms with Gasteiger partial charge in [0.1, 0.15) is 0 Å². The lowest BCUT2D eigenvalue weighted by atomic mass is 10.1. The summed E-state index contributed by atoms with van der Waals surface area (Å²) in [5.41, 5.74) is 4.92. The largest absolute Gasteiger partial charge is 0.320 e. The Balaban J connectivity index is 1.67. The number of hydrogen-bond acceptors (Lipinski definition) is 3. The van der Waals surface area contributed by atoms with Crippen LogP contribution in [-0.2, 0) is 11.2 Å². The van der Waals surface area contributed by atoms with Gasteiger partial charge in [-0.25, -0.2) is 0 Å². The Bertz CT molecular complexity index is 941. The molecule has 1 N–H and O–H groups in total. The second kappa shape index (κ2) is 6.06. The van der Waals surface area contributed by atoms with Gasteiger partial charge in [0.2, 0.25) is 0 Å². The van der Waals surface area contributed by atoms with Gasteiger partial charge in [-0.05, 0) is 36.3 Å². The zero-order valence-corrected chi connectivity index (χ0v) is 14.1. The van der Waals surface area contributed by atoms with Crippen molar-refractivity contribution in [3.05, 3.63) is 81.3 Å². The standard InChI is InChI=1S/C20H16N2OS/c1-13-9-15(10-14-5-3-2-4-6-14)24-19(13)11-17-16-7-8-21-12-18(16)22-20(17)23/h2-9,11-12H,10H2,1H3,(H,22,23). The van der Waals surface area contributed by atoms with E-state index in [1.165, 1.54) is 16.0 Å². The first-order valence-electron chi connectivity index (χ1n) is 7.81. The maximum absolute atomic E-state index is 12.2. The Morgan fingerprint density at radius 1 is 1.21 bits per heavy atom. The molecule has 0 spiro atoms. The number of rotatable bonds is 3. The van der Waals surface area contributed by atoms with Crippen LogP contribution < -0.4 is 5.32 Å². The number of thiophene rings is 1. The van der Waals surface area contributed by atoms with Crippen molar-refractivity contribution in [1.29, 1.82) is 0 Å². The smallest absolute Gasteiger partial charge is 0.256 e. The van der Waals surface area contributed by atoms with Gasteiger partial charge >= 0.3 is 0 Å². The predicted molar refractivity (Wildman–Crippen MR) is 99.0 cm³/mol. The number of nitrogens with one attached hydrogen (secondary N) is 1. The summed E-state index contributed by atoms with van der Waals surface area (Å²) >= 11 is 1.75. The third-order valence-corrected chi connectivity index (χ3v) is 5.29. The van der Waals surface area contributed by atoms with E-state index in [0.29, 0.717) is 5.57 Å². The molecule has 1 aliphatic heterocycles. The van der Waals surface area contributed by atoms with Gasteiger partial charge < -0.3 is 5.32 Å². The highest BCUT2D eigenvalue weighted by atomic mass is 32.1. The topological polar surface area (TPSA) is 42.0 Å². The fourth-order valence-corrected chi connectivity index (χ4v) is 4.06. The molecule has 0 saturated carbocycles. The lowest BCUT2D eigenvalue weighted by Gasteiger charge is -1.97. The van der Waals surface area contributed by atoms with Gasteiger partial charge in [0.05, 0.1) is 17.5 Å². The number of hydrogen-bond donors (Lipinski definition) is 1. The number of pyridine rings is 1. The second-order valence-electron chi connectivity index (χ2n) is 5.86. The van der Waals surface area contributed by atoms with Crippen LogP contribution in [0.1, 0.15) is 26.4 Å². The van der Waals surface area contributed by atoms with Crippen LogP contribution in [-0.4, -0.2) is 10.9 Å². The molecule has 2 aromatic heterocycles. The maximum Gasteiger partial charge on any atom is 0.256 e. The number of carbonyl (C=O) groups is 1. The van der Waals surface area contributed by atoms with Crippen molar-refractivity contribution in [3.63, 3.8) is 0 Å². The molecular weight excluding hydrogens is 316 g/mol. The van der Waals surface area contributed by atoms with Crippen molar-refractivity contribution in [1.82, 2.24) is 4.98 Å². The molecule has 0 unspecified atom stereocenters. The summed E-state index contributed by atoms with van der Waals surface area (Å²) in [6.07, 6.45) is 6.32. The van der Waals surface area contributed by atoms with Crippen molar-refractivity contribution in [2.75, 3.05) is 5.32 Å². The average Bonchev–Trinajstić information content (AvgIpc) is 3.09. The monoisotopic (exact) mass is 332 g/mol. The Morgan fingerprint density at radius 2 is 2.04 bits per heavy atom. The molecule has 0 fully saturated rings. The van der Waals surface area contributed by atoms with E-state index in [2.05, 4.69) is 47.6 Å². The van der Waals surface area contributed by atoms with Gasteiger partial charge in [-0.1, -0.05) is 30.3 Å². The minimum atomic E-state index is -0.0598. The molecule has 0 saturated heterocycles. The number of fused-ring (bicyclic) bond motifs is 1. The summed E-state index contributed by atoms with van der Waals surface area (Å²) in [6, 6.07) is 14.5. The number of benzene rings is 1. The second-order valence-corrected chi connectivity index (χ2v) is 7.02. The minimum absolute atomic E-state index is 0.0598. The maximum atomic E-state index is 12.2. The molecular formula is C20H16N2OS. The van der Waals surface area contributed by atoms with E-state index in [1.807, 2.05) is 18.2 Å². The molecule has 0 bridgehead atoms. The van der Waals surface area contributed by atoms with E-state index >= 15 is 0 Å². The van der Waals surface area contributed by atoms with E-state index < -0.39 is 0 Å². The summed E-state index contributed by atoms with van der Waals surface area (Å²) in [7, 11) is 0. The highest BCUT2D eigenvalue weighted by Gasteiger charge is 2.24. The molecule has 3 heterocycles. The Morgan fingerprint density at radius 3 is 2.88 bits per heavy atom. The normalized spacial score (nSPS) is 14.7. The molecule has 24 heavy (non-hydrogen) atoms. The van der Waals surface area contributed by atoms with Crippen LogP contribution in [0.25, 0.3) is 11.6 Å². The molecule has 118 valence electrons. The molecule has 1 aliphatic rings. The molecule has 3 nitrogen and oxygen atoms in total. The van der Waals surface area contributed by atoms with E-state index in [-0.39, 0.29) is 5.91 Å². The molecule has 1 aromatic carbocycles. The van der Waals surface area contributed by atoms with Crippen LogP contribution in [0.3, 0.4) is 0 Å². The first-order chi connectivity index (χ1) is 11.7. The van der Waals surface area contributed by atoms with Crippen molar-refractivity contribution in [2.24, 2.45) is 0 Å². The highest BCUT2D eigenvalue weighted by molar-refractivity contribution is 7.13. The zero-order valence-electron chi connectivity index (χ0n) is 13.2. The lowest BCUT2D eigenvalue weighted by Crippen LogP contribution is -2.03. The molecule has 0 atom stereocenters. The zero-order chi connectivity index (χ0) is 16.5. The molecule has 3 aromatic rings. The molecule has 1 amide bonds. The Hall–Kier alpha value is -2.72. The number of nitrogens with zero attached hydrogens (tertiary/aromatic N) is 1. The number of aryl methyl sites for hydroxylation is 1. The van der Waals surface area contributed by atoms with E-state index in [0.717, 1.165) is 22.5 Å². The summed E-state index contributed by atoms with van der Waals surface area (Å²) < 4.78 is 0. The first kappa shape index (κ1) is 14.8. The van der Waals surface area contributed by atoms with Crippen LogP contribution >= 0.6 is 11.3 Å². The summed E-state index contributed by atoms with van der Waals surface area (Å²) in [4.78, 5) is 18.7. The van der Waals surface area contributed by atoms with Crippen LogP contribution in [0.2, 0.25) is 0 Å². The van der Waals surface area contributed by atoms with E-state index in [9.17, 15) is 4.79 Å². The van der Waals surface area contributed by atoms with Crippen LogP contribution in [0.5, 0.6) is 0 Å².